The van der Waals surface area contributed by atoms with Crippen molar-refractivity contribution in [2.75, 3.05) is 44.8 Å². The van der Waals surface area contributed by atoms with Gasteiger partial charge >= 0.3 is 0 Å². The van der Waals surface area contributed by atoms with Crippen LogP contribution in [0.5, 0.6) is 5.75 Å². The van der Waals surface area contributed by atoms with Gasteiger partial charge in [0, 0.05) is 48.6 Å². The first kappa shape index (κ1) is 29.7. The van der Waals surface area contributed by atoms with Gasteiger partial charge < -0.3 is 24.5 Å². The second-order valence-electron chi connectivity index (χ2n) is 10.3. The zero-order valence-electron chi connectivity index (χ0n) is 22.6. The van der Waals surface area contributed by atoms with Crippen LogP contribution in [0, 0.1) is 11.8 Å². The molecular formula is C29H38BrN3O5S. The van der Waals surface area contributed by atoms with Gasteiger partial charge in [0.15, 0.2) is 0 Å². The second kappa shape index (κ2) is 12.5. The molecule has 1 aromatic carbocycles. The predicted molar refractivity (Wildman–Crippen MR) is 158 cm³/mol. The van der Waals surface area contributed by atoms with Crippen molar-refractivity contribution in [3.8, 4) is 5.75 Å². The number of hydrogen-bond acceptors (Lipinski definition) is 6. The Morgan fingerprint density at radius 1 is 1.23 bits per heavy atom. The molecule has 0 saturated carbocycles. The third-order valence-corrected chi connectivity index (χ3v) is 11.2. The molecule has 3 saturated heterocycles. The fourth-order valence-electron chi connectivity index (χ4n) is 6.46. The first-order valence-electron chi connectivity index (χ1n) is 13.5. The fourth-order valence-corrected chi connectivity index (χ4v) is 10.1. The number of alkyl halides is 1. The topological polar surface area (TPSA) is 90.4 Å². The van der Waals surface area contributed by atoms with E-state index in [-0.39, 0.29) is 47.5 Å². The van der Waals surface area contributed by atoms with E-state index in [0.717, 1.165) is 6.42 Å². The number of nitrogens with zero attached hydrogens (tertiary/aromatic N) is 3. The van der Waals surface area contributed by atoms with E-state index in [1.807, 2.05) is 19.1 Å². The number of carbonyl (C=O) groups excluding carboxylic acids is 3. The zero-order valence-corrected chi connectivity index (χ0v) is 25.0. The number of likely N-dealkylation sites (tertiary alicyclic amines) is 1. The van der Waals surface area contributed by atoms with Gasteiger partial charge in [0.2, 0.25) is 11.8 Å². The lowest BCUT2D eigenvalue weighted by atomic mass is 9.70. The predicted octanol–water partition coefficient (Wildman–Crippen LogP) is 3.49. The summed E-state index contributed by atoms with van der Waals surface area (Å²) >= 11 is 5.45. The summed E-state index contributed by atoms with van der Waals surface area (Å²) in [7, 11) is 1.59. The van der Waals surface area contributed by atoms with Crippen LogP contribution in [-0.4, -0.2) is 93.4 Å². The van der Waals surface area contributed by atoms with E-state index in [2.05, 4.69) is 29.1 Å². The van der Waals surface area contributed by atoms with Crippen LogP contribution in [0.25, 0.3) is 0 Å². The second-order valence-corrected chi connectivity index (χ2v) is 13.0. The Morgan fingerprint density at radius 2 is 1.92 bits per heavy atom. The number of methoxy groups -OCH3 is 1. The number of thioether (sulfide) groups is 1. The zero-order chi connectivity index (χ0) is 28.3. The molecule has 3 aliphatic heterocycles. The van der Waals surface area contributed by atoms with Crippen molar-refractivity contribution in [3.63, 3.8) is 0 Å². The average Bonchev–Trinajstić information content (AvgIpc) is 3.53. The normalized spacial score (nSPS) is 28.8. The van der Waals surface area contributed by atoms with Crippen LogP contribution < -0.4 is 9.64 Å². The van der Waals surface area contributed by atoms with Crippen LogP contribution in [0.1, 0.15) is 26.2 Å². The van der Waals surface area contributed by atoms with E-state index in [9.17, 15) is 19.5 Å². The lowest BCUT2D eigenvalue weighted by Gasteiger charge is -2.38. The van der Waals surface area contributed by atoms with Crippen molar-refractivity contribution in [2.45, 2.75) is 47.1 Å². The van der Waals surface area contributed by atoms with E-state index in [4.69, 9.17) is 4.74 Å². The summed E-state index contributed by atoms with van der Waals surface area (Å²) in [5, 5.41) is 9.51. The maximum absolute atomic E-state index is 14.5. The number of benzene rings is 1. The highest BCUT2D eigenvalue weighted by atomic mass is 79.9. The van der Waals surface area contributed by atoms with E-state index in [0.29, 0.717) is 37.4 Å². The molecule has 6 atom stereocenters. The van der Waals surface area contributed by atoms with Crippen molar-refractivity contribution in [3.05, 3.63) is 49.6 Å². The molecule has 3 unspecified atom stereocenters. The maximum atomic E-state index is 14.5. The smallest absolute Gasteiger partial charge is 0.251 e. The number of aliphatic hydroxyl groups excluding tert-OH is 1. The monoisotopic (exact) mass is 619 g/mol. The molecule has 1 aromatic rings. The number of aliphatic hydroxyl groups is 1. The summed E-state index contributed by atoms with van der Waals surface area (Å²) in [5.41, 5.74) is 0.677. The van der Waals surface area contributed by atoms with Gasteiger partial charge in [-0.2, -0.15) is 0 Å². The lowest BCUT2D eigenvalue weighted by molar-refractivity contribution is -0.143. The number of carbonyl (C=O) groups is 3. The minimum Gasteiger partial charge on any atom is -0.497 e. The number of fused-ring (bicyclic) bond motifs is 1. The highest BCUT2D eigenvalue weighted by Gasteiger charge is 2.76. The SMILES string of the molecule is C=CCN(CCC)C(=O)[C@H]1[C@@H]2SC3(CC2Br)C(C(=O)N(CC=C)c2ccc(OC)cc2)N(CCCO)C(=O)[C@H]13. The number of ether oxygens (including phenoxy) is 1. The summed E-state index contributed by atoms with van der Waals surface area (Å²) in [4.78, 5) is 47.7. The Morgan fingerprint density at radius 3 is 2.51 bits per heavy atom. The Bertz CT molecular complexity index is 1100. The summed E-state index contributed by atoms with van der Waals surface area (Å²) in [5.74, 6) is -0.882. The van der Waals surface area contributed by atoms with Crippen molar-refractivity contribution in [1.82, 2.24) is 9.80 Å². The molecule has 1 N–H and O–H groups in total. The molecule has 39 heavy (non-hydrogen) atoms. The van der Waals surface area contributed by atoms with Crippen molar-refractivity contribution < 1.29 is 24.2 Å². The van der Waals surface area contributed by atoms with Crippen LogP contribution in [-0.2, 0) is 14.4 Å². The lowest BCUT2D eigenvalue weighted by Crippen LogP contribution is -2.56. The molecule has 0 aromatic heterocycles. The summed E-state index contributed by atoms with van der Waals surface area (Å²) in [6.45, 7) is 11.1. The van der Waals surface area contributed by atoms with Crippen molar-refractivity contribution in [1.29, 1.82) is 0 Å². The minimum absolute atomic E-state index is 0.00496. The fraction of sp³-hybridized carbons (Fsp3) is 0.552. The average molecular weight is 621 g/mol. The molecule has 3 aliphatic rings. The van der Waals surface area contributed by atoms with Gasteiger partial charge in [0.25, 0.3) is 5.91 Å². The van der Waals surface area contributed by atoms with Crippen LogP contribution in [0.2, 0.25) is 0 Å². The van der Waals surface area contributed by atoms with Gasteiger partial charge in [-0.05, 0) is 43.5 Å². The number of halogens is 1. The minimum atomic E-state index is -0.768. The molecule has 8 nitrogen and oxygen atoms in total. The number of hydrogen-bond donors (Lipinski definition) is 1. The summed E-state index contributed by atoms with van der Waals surface area (Å²) in [6.07, 6.45) is 5.14. The van der Waals surface area contributed by atoms with E-state index in [1.54, 1.807) is 57.9 Å². The van der Waals surface area contributed by atoms with Crippen LogP contribution in [0.4, 0.5) is 5.69 Å². The Labute approximate surface area is 243 Å². The Balaban J connectivity index is 1.77. The third kappa shape index (κ3) is 5.15. The molecule has 3 heterocycles. The largest absolute Gasteiger partial charge is 0.497 e. The molecule has 3 fully saturated rings. The molecule has 3 amide bonds. The summed E-state index contributed by atoms with van der Waals surface area (Å²) in [6, 6.07) is 6.46. The van der Waals surface area contributed by atoms with Crippen molar-refractivity contribution >= 4 is 51.1 Å². The highest BCUT2D eigenvalue weighted by Crippen LogP contribution is 2.68. The van der Waals surface area contributed by atoms with Gasteiger partial charge in [-0.15, -0.1) is 24.9 Å². The quantitative estimate of drug-likeness (QED) is 0.269. The first-order valence-corrected chi connectivity index (χ1v) is 15.3. The van der Waals surface area contributed by atoms with Gasteiger partial charge in [-0.25, -0.2) is 0 Å². The van der Waals surface area contributed by atoms with Gasteiger partial charge in [0.05, 0.1) is 23.7 Å². The van der Waals surface area contributed by atoms with Gasteiger partial charge in [-0.1, -0.05) is 35.0 Å². The molecule has 1 spiro atoms. The Hall–Kier alpha value is -2.30. The summed E-state index contributed by atoms with van der Waals surface area (Å²) < 4.78 is 4.54. The number of anilines is 1. The van der Waals surface area contributed by atoms with Crippen molar-refractivity contribution in [2.24, 2.45) is 11.8 Å². The van der Waals surface area contributed by atoms with Crippen LogP contribution >= 0.6 is 27.7 Å². The molecule has 2 bridgehead atoms. The highest BCUT2D eigenvalue weighted by molar-refractivity contribution is 9.09. The first-order chi connectivity index (χ1) is 18.8. The molecule has 0 aliphatic carbocycles. The van der Waals surface area contributed by atoms with Crippen LogP contribution in [0.15, 0.2) is 49.6 Å². The Kier molecular flexibility index (Phi) is 9.49. The van der Waals surface area contributed by atoms with E-state index in [1.165, 1.54) is 0 Å². The number of amides is 3. The molecule has 212 valence electrons. The van der Waals surface area contributed by atoms with Gasteiger partial charge in [0.1, 0.15) is 11.8 Å². The number of rotatable bonds is 13. The molecular weight excluding hydrogens is 582 g/mol. The molecule has 0 radical (unpaired) electrons. The van der Waals surface area contributed by atoms with Crippen LogP contribution in [0.3, 0.4) is 0 Å². The van der Waals surface area contributed by atoms with E-state index >= 15 is 0 Å². The molecule has 10 heteroatoms. The van der Waals surface area contributed by atoms with E-state index < -0.39 is 22.6 Å². The third-order valence-electron chi connectivity index (χ3n) is 7.98. The molecule has 4 rings (SSSR count). The maximum Gasteiger partial charge on any atom is 0.251 e. The standard InChI is InChI=1S/C29H38BrN3O5S/c1-5-13-31(14-6-2)26(35)22-23-27(36)33(16-8-17-34)25(29(23)18-21(30)24(22)39-29)28(37)32(15-7-3)19-9-11-20(38-4)12-10-19/h5,7,9-12,21-25,34H,1,3,6,8,13-18H2,2,4H3/t21?,22-,23+,24-,25?,29?/m1/s1. The van der Waals surface area contributed by atoms with Gasteiger partial charge in [-0.3, -0.25) is 14.4 Å².